The molecule has 0 fully saturated rings. The molecule has 0 aromatic heterocycles. The van der Waals surface area contributed by atoms with Gasteiger partial charge in [-0.3, -0.25) is 4.79 Å². The van der Waals surface area contributed by atoms with Crippen LogP contribution in [-0.2, 0) is 4.79 Å². The molecule has 0 aliphatic heterocycles. The zero-order valence-corrected chi connectivity index (χ0v) is 13.0. The molecule has 0 aliphatic rings. The molecule has 1 atom stereocenters. The lowest BCUT2D eigenvalue weighted by atomic mass is 9.86. The van der Waals surface area contributed by atoms with Gasteiger partial charge in [0, 0.05) is 5.56 Å². The van der Waals surface area contributed by atoms with Gasteiger partial charge in [-0.15, -0.1) is 0 Å². The van der Waals surface area contributed by atoms with Gasteiger partial charge in [0.25, 0.3) is 5.91 Å². The maximum atomic E-state index is 12.1. The third-order valence-corrected chi connectivity index (χ3v) is 2.98. The number of ether oxygens (including phenoxy) is 1. The smallest absolute Gasteiger partial charge is 0.326 e. The first-order valence-corrected chi connectivity index (χ1v) is 7.02. The van der Waals surface area contributed by atoms with Gasteiger partial charge in [-0.25, -0.2) is 4.79 Å². The van der Waals surface area contributed by atoms with Crippen LogP contribution in [0.2, 0.25) is 0 Å². The molecule has 0 aliphatic carbocycles. The Morgan fingerprint density at radius 2 is 1.81 bits per heavy atom. The minimum atomic E-state index is -1.04. The Labute approximate surface area is 125 Å². The zero-order valence-electron chi connectivity index (χ0n) is 13.0. The Morgan fingerprint density at radius 1 is 1.24 bits per heavy atom. The average molecular weight is 293 g/mol. The highest BCUT2D eigenvalue weighted by molar-refractivity contribution is 5.96. The highest BCUT2D eigenvalue weighted by Gasteiger charge is 2.32. The first-order chi connectivity index (χ1) is 9.75. The molecule has 0 radical (unpaired) electrons. The molecule has 1 amide bonds. The number of carboxylic acids is 1. The van der Waals surface area contributed by atoms with Crippen LogP contribution in [0.25, 0.3) is 0 Å². The molecule has 0 bridgehead atoms. The lowest BCUT2D eigenvalue weighted by Gasteiger charge is -2.27. The van der Waals surface area contributed by atoms with E-state index in [9.17, 15) is 14.7 Å². The van der Waals surface area contributed by atoms with Gasteiger partial charge in [-0.05, 0) is 36.1 Å². The van der Waals surface area contributed by atoms with Gasteiger partial charge < -0.3 is 15.2 Å². The van der Waals surface area contributed by atoms with Crippen molar-refractivity contribution in [3.8, 4) is 5.75 Å². The van der Waals surface area contributed by atoms with Gasteiger partial charge in [0.1, 0.15) is 11.8 Å². The maximum Gasteiger partial charge on any atom is 0.326 e. The fourth-order valence-corrected chi connectivity index (χ4v) is 1.79. The molecule has 0 saturated heterocycles. The second-order valence-electron chi connectivity index (χ2n) is 5.98. The summed E-state index contributed by atoms with van der Waals surface area (Å²) in [6.07, 6.45) is 0.911. The minimum absolute atomic E-state index is 0.403. The largest absolute Gasteiger partial charge is 0.494 e. The molecule has 1 rings (SSSR count). The predicted octanol–water partition coefficient (Wildman–Crippen LogP) is 2.70. The fraction of sp³-hybridized carbons (Fsp3) is 0.500. The molecular formula is C16H23NO4. The van der Waals surface area contributed by atoms with E-state index in [4.69, 9.17) is 4.74 Å². The summed E-state index contributed by atoms with van der Waals surface area (Å²) in [6, 6.07) is 5.72. The van der Waals surface area contributed by atoms with E-state index in [1.807, 2.05) is 6.92 Å². The van der Waals surface area contributed by atoms with E-state index in [1.165, 1.54) is 0 Å². The van der Waals surface area contributed by atoms with Gasteiger partial charge in [0.15, 0.2) is 0 Å². The third-order valence-electron chi connectivity index (χ3n) is 2.98. The molecule has 5 heteroatoms. The first kappa shape index (κ1) is 17.0. The summed E-state index contributed by atoms with van der Waals surface area (Å²) in [4.78, 5) is 23.4. The number of amides is 1. The van der Waals surface area contributed by atoms with Crippen molar-refractivity contribution in [2.24, 2.45) is 5.41 Å². The summed E-state index contributed by atoms with van der Waals surface area (Å²) in [7, 11) is 0. The highest BCUT2D eigenvalue weighted by Crippen LogP contribution is 2.20. The minimum Gasteiger partial charge on any atom is -0.494 e. The van der Waals surface area contributed by atoms with Crippen LogP contribution in [0.5, 0.6) is 5.75 Å². The van der Waals surface area contributed by atoms with E-state index >= 15 is 0 Å². The number of benzene rings is 1. The Balaban J connectivity index is 2.77. The molecule has 116 valence electrons. The zero-order chi connectivity index (χ0) is 16.0. The van der Waals surface area contributed by atoms with E-state index < -0.39 is 23.3 Å². The monoisotopic (exact) mass is 293 g/mol. The van der Waals surface area contributed by atoms with Crippen LogP contribution < -0.4 is 10.1 Å². The predicted molar refractivity (Wildman–Crippen MR) is 80.6 cm³/mol. The maximum absolute atomic E-state index is 12.1. The van der Waals surface area contributed by atoms with Crippen LogP contribution >= 0.6 is 0 Å². The van der Waals surface area contributed by atoms with E-state index in [-0.39, 0.29) is 0 Å². The number of rotatable bonds is 6. The van der Waals surface area contributed by atoms with Crippen molar-refractivity contribution < 1.29 is 19.4 Å². The van der Waals surface area contributed by atoms with Crippen LogP contribution in [0.1, 0.15) is 44.5 Å². The van der Waals surface area contributed by atoms with Crippen molar-refractivity contribution in [1.29, 1.82) is 0 Å². The summed E-state index contributed by atoms with van der Waals surface area (Å²) < 4.78 is 5.44. The quantitative estimate of drug-likeness (QED) is 0.845. The summed E-state index contributed by atoms with van der Waals surface area (Å²) in [5.41, 5.74) is -0.152. The van der Waals surface area contributed by atoms with E-state index in [1.54, 1.807) is 45.0 Å². The molecule has 5 nitrogen and oxygen atoms in total. The Hall–Kier alpha value is -2.04. The van der Waals surface area contributed by atoms with E-state index in [0.29, 0.717) is 17.9 Å². The van der Waals surface area contributed by atoms with Crippen LogP contribution in [-0.4, -0.2) is 29.6 Å². The Morgan fingerprint density at radius 3 is 2.24 bits per heavy atom. The van der Waals surface area contributed by atoms with Gasteiger partial charge in [0.2, 0.25) is 0 Å². The summed E-state index contributed by atoms with van der Waals surface area (Å²) in [6.45, 7) is 7.95. The lowest BCUT2D eigenvalue weighted by molar-refractivity contribution is -0.142. The number of aliphatic carboxylic acids is 1. The van der Waals surface area contributed by atoms with E-state index in [0.717, 1.165) is 6.42 Å². The topological polar surface area (TPSA) is 75.6 Å². The summed E-state index contributed by atoms with van der Waals surface area (Å²) >= 11 is 0. The normalized spacial score (nSPS) is 12.6. The number of carbonyl (C=O) groups is 2. The molecule has 2 N–H and O–H groups in total. The molecule has 0 heterocycles. The van der Waals surface area contributed by atoms with Crippen molar-refractivity contribution in [3.63, 3.8) is 0 Å². The molecule has 1 aromatic carbocycles. The van der Waals surface area contributed by atoms with Gasteiger partial charge in [-0.1, -0.05) is 27.7 Å². The van der Waals surface area contributed by atoms with Crippen molar-refractivity contribution in [3.05, 3.63) is 29.8 Å². The summed E-state index contributed by atoms with van der Waals surface area (Å²) in [5, 5.41) is 11.8. The third kappa shape index (κ3) is 5.10. The van der Waals surface area contributed by atoms with Gasteiger partial charge in [0.05, 0.1) is 6.61 Å². The number of hydrogen-bond acceptors (Lipinski definition) is 3. The number of nitrogens with one attached hydrogen (secondary N) is 1. The number of carbonyl (C=O) groups excluding carboxylic acids is 1. The molecule has 0 spiro atoms. The standard InChI is InChI=1S/C16H23NO4/c1-5-10-21-12-8-6-11(7-9-12)14(18)17-13(15(19)20)16(2,3)4/h6-9,13H,5,10H2,1-4H3,(H,17,18)(H,19,20). The molecule has 0 saturated carbocycles. The molecular weight excluding hydrogens is 270 g/mol. The van der Waals surface area contributed by atoms with Crippen LogP contribution in [0.15, 0.2) is 24.3 Å². The number of hydrogen-bond donors (Lipinski definition) is 2. The first-order valence-electron chi connectivity index (χ1n) is 7.02. The second-order valence-corrected chi connectivity index (χ2v) is 5.98. The van der Waals surface area contributed by atoms with Crippen LogP contribution in [0.3, 0.4) is 0 Å². The van der Waals surface area contributed by atoms with Gasteiger partial charge >= 0.3 is 5.97 Å². The lowest BCUT2D eigenvalue weighted by Crippen LogP contribution is -2.49. The molecule has 21 heavy (non-hydrogen) atoms. The van der Waals surface area contributed by atoms with Crippen LogP contribution in [0.4, 0.5) is 0 Å². The van der Waals surface area contributed by atoms with Crippen LogP contribution in [0, 0.1) is 5.41 Å². The molecule has 1 unspecified atom stereocenters. The fourth-order valence-electron chi connectivity index (χ4n) is 1.79. The van der Waals surface area contributed by atoms with E-state index in [2.05, 4.69) is 5.32 Å². The molecule has 1 aromatic rings. The van der Waals surface area contributed by atoms with Gasteiger partial charge in [-0.2, -0.15) is 0 Å². The highest BCUT2D eigenvalue weighted by atomic mass is 16.5. The average Bonchev–Trinajstić information content (AvgIpc) is 2.41. The van der Waals surface area contributed by atoms with Crippen molar-refractivity contribution in [2.45, 2.75) is 40.2 Å². The Kier molecular flexibility index (Phi) is 5.76. The summed E-state index contributed by atoms with van der Waals surface area (Å²) in [5.74, 6) is -0.753. The van der Waals surface area contributed by atoms with Crippen molar-refractivity contribution >= 4 is 11.9 Å². The Bertz CT molecular complexity index is 488. The number of carboxylic acid groups (broad SMARTS) is 1. The van der Waals surface area contributed by atoms with Crippen molar-refractivity contribution in [1.82, 2.24) is 5.32 Å². The van der Waals surface area contributed by atoms with Crippen molar-refractivity contribution in [2.75, 3.05) is 6.61 Å². The second kappa shape index (κ2) is 7.11. The SMILES string of the molecule is CCCOc1ccc(C(=O)NC(C(=O)O)C(C)(C)C)cc1.